The minimum Gasteiger partial charge on any atom is -0.299 e. The molecule has 2 heteroatoms. The van der Waals surface area contributed by atoms with Crippen molar-refractivity contribution in [2.45, 2.75) is 19.0 Å². The molecule has 1 nitrogen and oxygen atoms in total. The van der Waals surface area contributed by atoms with Crippen LogP contribution >= 0.6 is 12.6 Å². The summed E-state index contributed by atoms with van der Waals surface area (Å²) in [5.41, 5.74) is 0. The van der Waals surface area contributed by atoms with Crippen molar-refractivity contribution in [1.82, 2.24) is 0 Å². The summed E-state index contributed by atoms with van der Waals surface area (Å²) in [6.45, 7) is -1.04. The van der Waals surface area contributed by atoms with E-state index in [1.165, 1.54) is 6.92 Å². The van der Waals surface area contributed by atoms with E-state index in [1.54, 1.807) is 0 Å². The van der Waals surface area contributed by atoms with Crippen LogP contribution in [0.2, 0.25) is 0 Å². The van der Waals surface area contributed by atoms with Crippen molar-refractivity contribution in [2.75, 3.05) is 0 Å². The van der Waals surface area contributed by atoms with E-state index >= 15 is 0 Å². The number of hydrogen-bond acceptors (Lipinski definition) is 2. The normalized spacial score (nSPS) is 23.3. The van der Waals surface area contributed by atoms with Gasteiger partial charge in [0.1, 0.15) is 5.78 Å². The van der Waals surface area contributed by atoms with Gasteiger partial charge in [-0.05, 0) is 13.8 Å². The Balaban J connectivity index is 4.04. The third-order valence-corrected chi connectivity index (χ3v) is 0.749. The predicted molar refractivity (Wildman–Crippen MR) is 29.1 cm³/mol. The van der Waals surface area contributed by atoms with Crippen LogP contribution in [0.3, 0.4) is 0 Å². The molecule has 0 bridgehead atoms. The summed E-state index contributed by atoms with van der Waals surface area (Å²) in [5, 5.41) is -1.13. The molecule has 0 heterocycles. The molecule has 0 aliphatic heterocycles. The van der Waals surface area contributed by atoms with Gasteiger partial charge in [-0.1, -0.05) is 0 Å². The van der Waals surface area contributed by atoms with Crippen molar-refractivity contribution in [3.05, 3.63) is 0 Å². The van der Waals surface area contributed by atoms with E-state index < -0.39 is 17.9 Å². The molecule has 1 unspecified atom stereocenters. The third-order valence-electron chi connectivity index (χ3n) is 0.385. The van der Waals surface area contributed by atoms with Gasteiger partial charge in [-0.25, -0.2) is 0 Å². The highest BCUT2D eigenvalue weighted by molar-refractivity contribution is 7.81. The lowest BCUT2D eigenvalue weighted by molar-refractivity contribution is -0.116. The molecule has 0 fully saturated rings. The lowest BCUT2D eigenvalue weighted by atomic mass is 10.3. The summed E-state index contributed by atoms with van der Waals surface area (Å²) < 4.78 is 20.1. The Morgan fingerprint density at radius 3 is 2.67 bits per heavy atom. The summed E-state index contributed by atoms with van der Waals surface area (Å²) in [6.07, 6.45) is 0. The molecule has 0 amide bonds. The summed E-state index contributed by atoms with van der Waals surface area (Å²) >= 11 is 3.59. The molecule has 0 saturated heterocycles. The summed E-state index contributed by atoms with van der Waals surface area (Å²) in [5.74, 6) is -0.418. The van der Waals surface area contributed by atoms with Crippen LogP contribution in [0.5, 0.6) is 0 Å². The molecule has 1 atom stereocenters. The van der Waals surface area contributed by atoms with E-state index in [-0.39, 0.29) is 0 Å². The van der Waals surface area contributed by atoms with Crippen LogP contribution in [0.4, 0.5) is 0 Å². The molecule has 0 aliphatic carbocycles. The highest BCUT2D eigenvalue weighted by atomic mass is 32.1. The Morgan fingerprint density at radius 1 is 2.17 bits per heavy atom. The molecule has 0 rings (SSSR count). The van der Waals surface area contributed by atoms with Crippen LogP contribution in [-0.4, -0.2) is 11.0 Å². The number of Topliss-reactive ketones (excluding diaryl/α,β-unsaturated/α-hetero) is 1. The fraction of sp³-hybridized carbons (Fsp3) is 0.750. The average molecular weight is 107 g/mol. The zero-order valence-electron chi connectivity index (χ0n) is 6.43. The molecule has 0 radical (unpaired) electrons. The predicted octanol–water partition coefficient (Wildman–Crippen LogP) is 0.894. The second kappa shape index (κ2) is 2.24. The molecular formula is C4H8OS. The molecule has 0 aromatic heterocycles. The molecule has 6 heavy (non-hydrogen) atoms. The van der Waals surface area contributed by atoms with Gasteiger partial charge in [-0.15, -0.1) is 0 Å². The lowest BCUT2D eigenvalue weighted by Crippen LogP contribution is -2.02. The first-order chi connectivity index (χ1) is 3.85. The van der Waals surface area contributed by atoms with E-state index in [2.05, 4.69) is 12.6 Å². The largest absolute Gasteiger partial charge is 0.299 e. The molecule has 0 aromatic carbocycles. The minimum absolute atomic E-state index is 0.418. The smallest absolute Gasteiger partial charge is 0.142 e. The van der Waals surface area contributed by atoms with Crippen molar-refractivity contribution >= 4 is 18.4 Å². The second-order valence-electron chi connectivity index (χ2n) is 1.01. The molecular weight excluding hydrogens is 96.1 g/mol. The number of ketones is 1. The topological polar surface area (TPSA) is 17.1 Å². The number of rotatable bonds is 1. The van der Waals surface area contributed by atoms with E-state index in [0.717, 1.165) is 0 Å². The average Bonchev–Trinajstić information content (AvgIpc) is 1.62. The molecule has 0 aliphatic rings. The maximum atomic E-state index is 10.4. The molecule has 0 N–H and O–H groups in total. The maximum absolute atomic E-state index is 10.4. The van der Waals surface area contributed by atoms with Gasteiger partial charge in [0, 0.05) is 4.11 Å². The Labute approximate surface area is 47.4 Å². The van der Waals surface area contributed by atoms with Crippen molar-refractivity contribution in [1.29, 1.82) is 0 Å². The standard InChI is InChI=1S/C4H8OS/c1-3(5)4(2)6/h4,6H,1-2H3/i2D3. The second-order valence-corrected chi connectivity index (χ2v) is 1.53. The molecule has 0 spiro atoms. The fourth-order valence-electron chi connectivity index (χ4n) is 0. The number of carbonyl (C=O) groups is 1. The Bertz CT molecular complexity index is 119. The highest BCUT2D eigenvalue weighted by Crippen LogP contribution is 1.90. The van der Waals surface area contributed by atoms with Gasteiger partial charge in [0.15, 0.2) is 0 Å². The maximum Gasteiger partial charge on any atom is 0.142 e. The van der Waals surface area contributed by atoms with Gasteiger partial charge in [-0.2, -0.15) is 12.6 Å². The van der Waals surface area contributed by atoms with Crippen LogP contribution in [0.25, 0.3) is 0 Å². The first-order valence-electron chi connectivity index (χ1n) is 3.04. The van der Waals surface area contributed by atoms with Gasteiger partial charge in [0.2, 0.25) is 0 Å². The van der Waals surface area contributed by atoms with E-state index in [1.807, 2.05) is 0 Å². The Morgan fingerprint density at radius 2 is 2.67 bits per heavy atom. The number of hydrogen-bond donors (Lipinski definition) is 1. The first-order valence-corrected chi connectivity index (χ1v) is 2.06. The summed E-state index contributed by atoms with van der Waals surface area (Å²) in [7, 11) is 0. The van der Waals surface area contributed by atoms with Gasteiger partial charge < -0.3 is 0 Å². The third kappa shape index (κ3) is 2.27. The molecule has 36 valence electrons. The van der Waals surface area contributed by atoms with Gasteiger partial charge in [0.05, 0.1) is 5.25 Å². The van der Waals surface area contributed by atoms with Crippen LogP contribution in [0.1, 0.15) is 17.9 Å². The van der Waals surface area contributed by atoms with E-state index in [4.69, 9.17) is 4.11 Å². The summed E-state index contributed by atoms with van der Waals surface area (Å²) in [4.78, 5) is 10.4. The monoisotopic (exact) mass is 107 g/mol. The first kappa shape index (κ1) is 2.36. The van der Waals surface area contributed by atoms with Crippen LogP contribution in [0, 0.1) is 0 Å². The van der Waals surface area contributed by atoms with Gasteiger partial charge in [-0.3, -0.25) is 4.79 Å². The SMILES string of the molecule is [2H]C([2H])([2H])C(S)C(C)=O. The van der Waals surface area contributed by atoms with Crippen molar-refractivity contribution in [2.24, 2.45) is 0 Å². The van der Waals surface area contributed by atoms with Crippen LogP contribution in [-0.2, 0) is 4.79 Å². The summed E-state index contributed by atoms with van der Waals surface area (Å²) in [6, 6.07) is 0. The van der Waals surface area contributed by atoms with E-state index in [0.29, 0.717) is 0 Å². The Hall–Kier alpha value is 0.0200. The zero-order valence-corrected chi connectivity index (χ0v) is 4.33. The Kier molecular flexibility index (Phi) is 0.880. The quantitative estimate of drug-likeness (QED) is 0.492. The number of carbonyl (C=O) groups excluding carboxylic acids is 1. The van der Waals surface area contributed by atoms with Crippen molar-refractivity contribution < 1.29 is 8.91 Å². The number of thiol groups is 1. The molecule has 0 aromatic rings. The van der Waals surface area contributed by atoms with Crippen LogP contribution in [0.15, 0.2) is 0 Å². The minimum atomic E-state index is -2.26. The molecule has 0 saturated carbocycles. The van der Waals surface area contributed by atoms with E-state index in [9.17, 15) is 4.79 Å². The lowest BCUT2D eigenvalue weighted by Gasteiger charge is -1.90. The fourth-order valence-corrected chi connectivity index (χ4v) is 0. The zero-order chi connectivity index (χ0) is 7.65. The van der Waals surface area contributed by atoms with Gasteiger partial charge >= 0.3 is 0 Å². The highest BCUT2D eigenvalue weighted by Gasteiger charge is 1.96. The van der Waals surface area contributed by atoms with Crippen molar-refractivity contribution in [3.8, 4) is 0 Å². The van der Waals surface area contributed by atoms with Crippen LogP contribution < -0.4 is 0 Å². The van der Waals surface area contributed by atoms with Gasteiger partial charge in [0.25, 0.3) is 0 Å². The van der Waals surface area contributed by atoms with Crippen molar-refractivity contribution in [3.63, 3.8) is 0 Å².